The van der Waals surface area contributed by atoms with Crippen molar-refractivity contribution in [1.82, 2.24) is 9.79 Å². The zero-order valence-corrected chi connectivity index (χ0v) is 25.0. The molecule has 3 aliphatic rings. The summed E-state index contributed by atoms with van der Waals surface area (Å²) in [4.78, 5) is 19.4. The van der Waals surface area contributed by atoms with Gasteiger partial charge in [0, 0.05) is 18.8 Å². The molecule has 2 unspecified atom stereocenters. The summed E-state index contributed by atoms with van der Waals surface area (Å²) in [5, 5.41) is 17.3. The molecule has 2 heterocycles. The van der Waals surface area contributed by atoms with Crippen LogP contribution in [0.1, 0.15) is 44.1 Å². The summed E-state index contributed by atoms with van der Waals surface area (Å²) in [7, 11) is -4.39. The maximum absolute atomic E-state index is 14.3. The Balaban J connectivity index is 1.42. The van der Waals surface area contributed by atoms with Crippen LogP contribution in [0.15, 0.2) is 59.5 Å². The third-order valence-electron chi connectivity index (χ3n) is 8.07. The Labute approximate surface area is 252 Å². The van der Waals surface area contributed by atoms with Crippen molar-refractivity contribution in [2.45, 2.75) is 80.6 Å². The quantitative estimate of drug-likeness (QED) is 0.183. The van der Waals surface area contributed by atoms with Gasteiger partial charge in [-0.15, -0.1) is 0 Å². The van der Waals surface area contributed by atoms with Crippen molar-refractivity contribution in [2.24, 2.45) is 11.7 Å². The highest BCUT2D eigenvalue weighted by atomic mass is 32.2. The van der Waals surface area contributed by atoms with E-state index in [9.17, 15) is 18.3 Å². The van der Waals surface area contributed by atoms with Crippen LogP contribution in [0.3, 0.4) is 0 Å². The molecule has 13 heteroatoms. The molecule has 0 radical (unpaired) electrons. The average Bonchev–Trinajstić information content (AvgIpc) is 3.78. The number of anilines is 1. The number of nitrogens with zero attached hydrogens (tertiary/aromatic N) is 1. The van der Waals surface area contributed by atoms with E-state index in [0.29, 0.717) is 51.1 Å². The zero-order chi connectivity index (χ0) is 30.2. The molecule has 2 saturated heterocycles. The summed E-state index contributed by atoms with van der Waals surface area (Å²) in [6.45, 7) is 1.51. The number of aryl methyl sites for hydroxylation is 1. The van der Waals surface area contributed by atoms with Crippen LogP contribution < -0.4 is 16.4 Å². The van der Waals surface area contributed by atoms with Gasteiger partial charge in [0.05, 0.1) is 36.2 Å². The van der Waals surface area contributed by atoms with Crippen molar-refractivity contribution >= 4 is 21.8 Å². The molecule has 12 nitrogen and oxygen atoms in total. The summed E-state index contributed by atoms with van der Waals surface area (Å²) in [6.07, 6.45) is -0.674. The van der Waals surface area contributed by atoms with Crippen LogP contribution in [0.5, 0.6) is 0 Å². The largest absolute Gasteiger partial charge is 0.443 e. The van der Waals surface area contributed by atoms with Crippen molar-refractivity contribution in [3.05, 3.63) is 60.2 Å². The van der Waals surface area contributed by atoms with Gasteiger partial charge in [-0.05, 0) is 55.9 Å². The van der Waals surface area contributed by atoms with Crippen LogP contribution in [0.2, 0.25) is 0 Å². The lowest BCUT2D eigenvalue weighted by atomic mass is 10.0. The first-order chi connectivity index (χ1) is 20.8. The van der Waals surface area contributed by atoms with Gasteiger partial charge < -0.3 is 30.4 Å². The molecule has 1 aliphatic carbocycles. The second-order valence-corrected chi connectivity index (χ2v) is 12.9. The minimum absolute atomic E-state index is 0.0573. The third-order valence-corrected chi connectivity index (χ3v) is 9.71. The first kappa shape index (κ1) is 31.6. The van der Waals surface area contributed by atoms with E-state index in [2.05, 4.69) is 10.6 Å². The zero-order valence-electron chi connectivity index (χ0n) is 24.2. The van der Waals surface area contributed by atoms with E-state index in [4.69, 9.17) is 24.8 Å². The fourth-order valence-electron chi connectivity index (χ4n) is 5.75. The van der Waals surface area contributed by atoms with E-state index in [-0.39, 0.29) is 23.8 Å². The number of aliphatic hydroxyl groups excluding tert-OH is 1. The normalized spacial score (nSPS) is 23.7. The van der Waals surface area contributed by atoms with Crippen LogP contribution in [0.4, 0.5) is 10.5 Å². The van der Waals surface area contributed by atoms with Crippen LogP contribution in [0, 0.1) is 5.92 Å². The average molecular weight is 619 g/mol. The number of hydrogen-bond acceptors (Lipinski definition) is 10. The van der Waals surface area contributed by atoms with Crippen LogP contribution in [-0.4, -0.2) is 81.2 Å². The summed E-state index contributed by atoms with van der Waals surface area (Å²) < 4.78 is 46.1. The molecule has 3 fully saturated rings. The van der Waals surface area contributed by atoms with Gasteiger partial charge in [-0.25, -0.2) is 13.2 Å². The Bertz CT molecular complexity index is 1290. The lowest BCUT2D eigenvalue weighted by molar-refractivity contribution is -0.178. The Kier molecular flexibility index (Phi) is 10.9. The van der Waals surface area contributed by atoms with Crippen molar-refractivity contribution in [1.29, 1.82) is 0 Å². The molecule has 0 bridgehead atoms. The Morgan fingerprint density at radius 1 is 1.09 bits per heavy atom. The molecule has 5 atom stereocenters. The number of alkyl carbamates (subject to hydrolysis) is 1. The van der Waals surface area contributed by atoms with E-state index >= 15 is 0 Å². The molecule has 2 aromatic carbocycles. The third kappa shape index (κ3) is 8.04. The first-order valence-corrected chi connectivity index (χ1v) is 16.5. The van der Waals surface area contributed by atoms with Gasteiger partial charge in [0.25, 0.3) is 10.0 Å². The minimum Gasteiger partial charge on any atom is -0.443 e. The maximum atomic E-state index is 14.3. The fourth-order valence-corrected chi connectivity index (χ4v) is 7.21. The van der Waals surface area contributed by atoms with Crippen LogP contribution in [0.25, 0.3) is 0 Å². The van der Waals surface area contributed by atoms with Crippen molar-refractivity contribution in [3.8, 4) is 0 Å². The number of nitrogens with two attached hydrogens (primary N) is 1. The second-order valence-electron chi connectivity index (χ2n) is 11.2. The Morgan fingerprint density at radius 2 is 1.88 bits per heavy atom. The van der Waals surface area contributed by atoms with Gasteiger partial charge in [-0.1, -0.05) is 53.7 Å². The second kappa shape index (κ2) is 14.8. The van der Waals surface area contributed by atoms with Crippen LogP contribution >= 0.6 is 0 Å². The molecule has 2 aromatic rings. The van der Waals surface area contributed by atoms with Gasteiger partial charge >= 0.3 is 6.09 Å². The van der Waals surface area contributed by atoms with E-state index in [1.807, 2.05) is 30.3 Å². The highest BCUT2D eigenvalue weighted by Gasteiger charge is 2.45. The highest BCUT2D eigenvalue weighted by molar-refractivity contribution is 7.89. The monoisotopic (exact) mass is 618 g/mol. The smallest absolute Gasteiger partial charge is 0.408 e. The van der Waals surface area contributed by atoms with E-state index in [1.165, 1.54) is 12.1 Å². The van der Waals surface area contributed by atoms with Gasteiger partial charge in [-0.2, -0.15) is 0 Å². The summed E-state index contributed by atoms with van der Waals surface area (Å²) >= 11 is 0. The minimum atomic E-state index is -4.39. The Morgan fingerprint density at radius 3 is 2.65 bits per heavy atom. The van der Waals surface area contributed by atoms with Gasteiger partial charge in [-0.3, -0.25) is 10.2 Å². The highest BCUT2D eigenvalue weighted by Crippen LogP contribution is 2.33. The number of benzene rings is 2. The van der Waals surface area contributed by atoms with Crippen LogP contribution in [-0.2, 0) is 35.5 Å². The number of carbonyl (C=O) groups is 1. The first-order valence-electron chi connectivity index (χ1n) is 15.0. The number of hydroxylamine groups is 1. The number of aliphatic hydroxyl groups is 1. The molecule has 1 amide bonds. The fraction of sp³-hybridized carbons (Fsp3) is 0.567. The number of rotatable bonds is 14. The molecule has 5 N–H and O–H groups in total. The summed E-state index contributed by atoms with van der Waals surface area (Å²) in [5.41, 5.74) is 7.14. The van der Waals surface area contributed by atoms with Gasteiger partial charge in [0.1, 0.15) is 6.10 Å². The number of sulfonamides is 1. The molecule has 43 heavy (non-hydrogen) atoms. The van der Waals surface area contributed by atoms with E-state index in [0.717, 1.165) is 22.9 Å². The number of nitrogens with one attached hydrogen (secondary N) is 2. The molecular weight excluding hydrogens is 576 g/mol. The predicted molar refractivity (Wildman–Crippen MR) is 158 cm³/mol. The lowest BCUT2D eigenvalue weighted by Crippen LogP contribution is -2.58. The van der Waals surface area contributed by atoms with Gasteiger partial charge in [0.15, 0.2) is 12.5 Å². The summed E-state index contributed by atoms with van der Waals surface area (Å²) in [5.74, 6) is -0.106. The maximum Gasteiger partial charge on any atom is 0.408 e. The lowest BCUT2D eigenvalue weighted by Gasteiger charge is -2.35. The molecular formula is C30H42N4O8S. The molecule has 2 aliphatic heterocycles. The standard InChI is InChI=1S/C30H42N4O8S/c31-16-17-32-22-9-6-12-24(19-22)43(37,38)34(42-23-10-4-5-11-23)28(26(35)14-13-21-7-2-1-3-8-21)33-30(36)41-27-20-40-29-25(27)15-18-39-29/h1-3,6-9,12,19,23,25-29,32,35H,4-5,10-11,13-18,20,31H2,(H,33,36)/t25-,26?,27-,28?,29+/m0/s1. The molecule has 236 valence electrons. The number of ether oxygens (including phenoxy) is 3. The topological polar surface area (TPSA) is 162 Å². The number of fused-ring (bicyclic) bond motifs is 1. The number of carbonyl (C=O) groups excluding carboxylic acids is 1. The van der Waals surface area contributed by atoms with Crippen molar-refractivity contribution < 1.29 is 37.4 Å². The molecule has 5 rings (SSSR count). The van der Waals surface area contributed by atoms with E-state index in [1.54, 1.807) is 12.1 Å². The SMILES string of the molecule is NCCNc1cccc(S(=O)(=O)N(OC2CCCC2)C(NC(=O)O[C@H]2CO[C@H]3OCC[C@H]32)C(O)CCc2ccccc2)c1. The number of hydrogen-bond donors (Lipinski definition) is 4. The van der Waals surface area contributed by atoms with Gasteiger partial charge in [0.2, 0.25) is 0 Å². The Hall–Kier alpha value is -2.78. The number of amides is 1. The van der Waals surface area contributed by atoms with E-state index < -0.39 is 46.9 Å². The molecule has 0 aromatic heterocycles. The predicted octanol–water partition coefficient (Wildman–Crippen LogP) is 2.73. The van der Waals surface area contributed by atoms with Crippen molar-refractivity contribution in [3.63, 3.8) is 0 Å². The summed E-state index contributed by atoms with van der Waals surface area (Å²) in [6, 6.07) is 15.8. The molecule has 0 spiro atoms. The molecule has 1 saturated carbocycles. The van der Waals surface area contributed by atoms with Crippen molar-refractivity contribution in [2.75, 3.05) is 31.6 Å².